The molecule has 1 atom stereocenters. The highest BCUT2D eigenvalue weighted by atomic mass is 19.1. The van der Waals surface area contributed by atoms with Crippen molar-refractivity contribution in [2.45, 2.75) is 46.1 Å². The van der Waals surface area contributed by atoms with Crippen LogP contribution in [-0.2, 0) is 0 Å². The van der Waals surface area contributed by atoms with E-state index >= 15 is 0 Å². The molecule has 0 amide bonds. The topological polar surface area (TPSA) is 20.2 Å². The zero-order valence-electron chi connectivity index (χ0n) is 11.3. The summed E-state index contributed by atoms with van der Waals surface area (Å²) < 4.78 is 13.1. The maximum atomic E-state index is 13.1. The molecule has 0 saturated heterocycles. The van der Waals surface area contributed by atoms with Gasteiger partial charge in [0.25, 0.3) is 0 Å². The number of aryl methyl sites for hydroxylation is 1. The van der Waals surface area contributed by atoms with Crippen LogP contribution in [0.1, 0.15) is 50.3 Å². The summed E-state index contributed by atoms with van der Waals surface area (Å²) in [4.78, 5) is 0. The SMILES string of the molecule is Cc1cc(F)ccc1C(O)C1=CC(C)(C)CCC1. The first-order chi connectivity index (χ1) is 8.39. The summed E-state index contributed by atoms with van der Waals surface area (Å²) in [5.41, 5.74) is 2.86. The Morgan fingerprint density at radius 3 is 2.67 bits per heavy atom. The Hall–Kier alpha value is -1.15. The Labute approximate surface area is 108 Å². The molecule has 0 aliphatic heterocycles. The van der Waals surface area contributed by atoms with Crippen molar-refractivity contribution in [1.29, 1.82) is 0 Å². The average molecular weight is 248 g/mol. The number of halogens is 1. The molecule has 0 fully saturated rings. The van der Waals surface area contributed by atoms with Gasteiger partial charge in [0.2, 0.25) is 0 Å². The summed E-state index contributed by atoms with van der Waals surface area (Å²) in [6, 6.07) is 4.59. The van der Waals surface area contributed by atoms with Crippen LogP contribution < -0.4 is 0 Å². The van der Waals surface area contributed by atoms with Crippen LogP contribution in [0.4, 0.5) is 4.39 Å². The summed E-state index contributed by atoms with van der Waals surface area (Å²) in [5.74, 6) is -0.249. The zero-order chi connectivity index (χ0) is 13.3. The third-order valence-electron chi connectivity index (χ3n) is 3.74. The Kier molecular flexibility index (Phi) is 3.58. The molecule has 0 bridgehead atoms. The van der Waals surface area contributed by atoms with Crippen LogP contribution in [0, 0.1) is 18.2 Å². The van der Waals surface area contributed by atoms with Crippen molar-refractivity contribution >= 4 is 0 Å². The van der Waals surface area contributed by atoms with Gasteiger partial charge < -0.3 is 5.11 Å². The lowest BCUT2D eigenvalue weighted by Crippen LogP contribution is -2.16. The van der Waals surface area contributed by atoms with Gasteiger partial charge in [-0.05, 0) is 60.4 Å². The highest BCUT2D eigenvalue weighted by Crippen LogP contribution is 2.38. The molecule has 1 aliphatic carbocycles. The van der Waals surface area contributed by atoms with Crippen molar-refractivity contribution in [2.75, 3.05) is 0 Å². The molecule has 1 unspecified atom stereocenters. The first-order valence-electron chi connectivity index (χ1n) is 6.55. The molecule has 1 N–H and O–H groups in total. The second kappa shape index (κ2) is 4.85. The number of hydrogen-bond donors (Lipinski definition) is 1. The molecule has 0 radical (unpaired) electrons. The van der Waals surface area contributed by atoms with Gasteiger partial charge in [0, 0.05) is 0 Å². The zero-order valence-corrected chi connectivity index (χ0v) is 11.3. The molecule has 1 aromatic rings. The molecule has 2 heteroatoms. The van der Waals surface area contributed by atoms with Gasteiger partial charge in [0.05, 0.1) is 0 Å². The third-order valence-corrected chi connectivity index (χ3v) is 3.74. The number of benzene rings is 1. The standard InChI is InChI=1S/C16H21FO/c1-11-9-13(17)6-7-14(11)15(18)12-5-4-8-16(2,3)10-12/h6-7,9-10,15,18H,4-5,8H2,1-3H3. The van der Waals surface area contributed by atoms with Gasteiger partial charge in [-0.25, -0.2) is 4.39 Å². The molecule has 1 aliphatic rings. The summed E-state index contributed by atoms with van der Waals surface area (Å²) in [6.45, 7) is 6.23. The number of aliphatic hydroxyl groups excluding tert-OH is 1. The third kappa shape index (κ3) is 2.81. The maximum absolute atomic E-state index is 13.1. The Bertz CT molecular complexity index is 474. The monoisotopic (exact) mass is 248 g/mol. The van der Waals surface area contributed by atoms with E-state index in [-0.39, 0.29) is 11.2 Å². The minimum absolute atomic E-state index is 0.155. The van der Waals surface area contributed by atoms with Crippen LogP contribution in [-0.4, -0.2) is 5.11 Å². The normalized spacial score (nSPS) is 20.4. The smallest absolute Gasteiger partial charge is 0.123 e. The summed E-state index contributed by atoms with van der Waals surface area (Å²) >= 11 is 0. The summed E-state index contributed by atoms with van der Waals surface area (Å²) in [6.07, 6.45) is 4.79. The number of hydrogen-bond acceptors (Lipinski definition) is 1. The minimum atomic E-state index is -0.592. The van der Waals surface area contributed by atoms with E-state index in [2.05, 4.69) is 19.9 Å². The van der Waals surface area contributed by atoms with Crippen molar-refractivity contribution in [2.24, 2.45) is 5.41 Å². The van der Waals surface area contributed by atoms with Crippen LogP contribution in [0.25, 0.3) is 0 Å². The van der Waals surface area contributed by atoms with Gasteiger partial charge in [0.1, 0.15) is 11.9 Å². The molecule has 0 saturated carbocycles. The van der Waals surface area contributed by atoms with E-state index in [1.54, 1.807) is 6.07 Å². The molecule has 18 heavy (non-hydrogen) atoms. The summed E-state index contributed by atoms with van der Waals surface area (Å²) in [5, 5.41) is 10.5. The lowest BCUT2D eigenvalue weighted by atomic mass is 9.77. The van der Waals surface area contributed by atoms with E-state index in [1.807, 2.05) is 6.92 Å². The second-order valence-corrected chi connectivity index (χ2v) is 5.96. The quantitative estimate of drug-likeness (QED) is 0.773. The largest absolute Gasteiger partial charge is 0.384 e. The highest BCUT2D eigenvalue weighted by Gasteiger charge is 2.25. The van der Waals surface area contributed by atoms with Gasteiger partial charge in [-0.3, -0.25) is 0 Å². The van der Waals surface area contributed by atoms with Gasteiger partial charge in [0.15, 0.2) is 0 Å². The highest BCUT2D eigenvalue weighted by molar-refractivity contribution is 5.34. The van der Waals surface area contributed by atoms with Crippen LogP contribution in [0.3, 0.4) is 0 Å². The molecular formula is C16H21FO. The average Bonchev–Trinajstić information content (AvgIpc) is 2.27. The molecule has 1 aromatic carbocycles. The first-order valence-corrected chi connectivity index (χ1v) is 6.55. The van der Waals surface area contributed by atoms with Crippen LogP contribution >= 0.6 is 0 Å². The van der Waals surface area contributed by atoms with E-state index < -0.39 is 6.10 Å². The fourth-order valence-corrected chi connectivity index (χ4v) is 2.76. The van der Waals surface area contributed by atoms with Gasteiger partial charge in [-0.15, -0.1) is 0 Å². The lowest BCUT2D eigenvalue weighted by Gasteiger charge is -2.30. The van der Waals surface area contributed by atoms with E-state index in [0.717, 1.165) is 36.0 Å². The number of allylic oxidation sites excluding steroid dienone is 1. The first kappa shape index (κ1) is 13.3. The van der Waals surface area contributed by atoms with Gasteiger partial charge in [-0.1, -0.05) is 26.0 Å². The van der Waals surface area contributed by atoms with E-state index in [0.29, 0.717) is 0 Å². The molecule has 1 nitrogen and oxygen atoms in total. The lowest BCUT2D eigenvalue weighted by molar-refractivity contribution is 0.201. The van der Waals surface area contributed by atoms with Crippen LogP contribution in [0.5, 0.6) is 0 Å². The predicted octanol–water partition coefficient (Wildman–Crippen LogP) is 4.30. The van der Waals surface area contributed by atoms with Crippen molar-refractivity contribution in [3.8, 4) is 0 Å². The van der Waals surface area contributed by atoms with E-state index in [4.69, 9.17) is 0 Å². The van der Waals surface area contributed by atoms with Crippen molar-refractivity contribution < 1.29 is 9.50 Å². The van der Waals surface area contributed by atoms with E-state index in [1.165, 1.54) is 12.1 Å². The van der Waals surface area contributed by atoms with Crippen LogP contribution in [0.2, 0.25) is 0 Å². The molecular weight excluding hydrogens is 227 g/mol. The van der Waals surface area contributed by atoms with Gasteiger partial charge in [-0.2, -0.15) is 0 Å². The molecule has 0 heterocycles. The molecule has 0 aromatic heterocycles. The van der Waals surface area contributed by atoms with Crippen molar-refractivity contribution in [1.82, 2.24) is 0 Å². The van der Waals surface area contributed by atoms with Crippen molar-refractivity contribution in [3.63, 3.8) is 0 Å². The number of aliphatic hydroxyl groups is 1. The van der Waals surface area contributed by atoms with Crippen molar-refractivity contribution in [3.05, 3.63) is 46.8 Å². The molecule has 0 spiro atoms. The molecule has 2 rings (SSSR count). The van der Waals surface area contributed by atoms with Gasteiger partial charge >= 0.3 is 0 Å². The predicted molar refractivity (Wildman–Crippen MR) is 71.8 cm³/mol. The van der Waals surface area contributed by atoms with Crippen LogP contribution in [0.15, 0.2) is 29.8 Å². The Morgan fingerprint density at radius 2 is 2.06 bits per heavy atom. The number of rotatable bonds is 2. The fourth-order valence-electron chi connectivity index (χ4n) is 2.76. The minimum Gasteiger partial charge on any atom is -0.384 e. The molecule has 98 valence electrons. The summed E-state index contributed by atoms with van der Waals surface area (Å²) in [7, 11) is 0. The second-order valence-electron chi connectivity index (χ2n) is 5.96. The Morgan fingerprint density at radius 1 is 1.33 bits per heavy atom. The Balaban J connectivity index is 2.31. The fraction of sp³-hybridized carbons (Fsp3) is 0.500. The van der Waals surface area contributed by atoms with E-state index in [9.17, 15) is 9.50 Å². The maximum Gasteiger partial charge on any atom is 0.123 e.